The molecule has 1 aliphatic heterocycles. The van der Waals surface area contributed by atoms with E-state index in [0.29, 0.717) is 23.8 Å². The number of fused-ring (bicyclic) bond motifs is 1. The van der Waals surface area contributed by atoms with Crippen LogP contribution < -0.4 is 19.1 Å². The van der Waals surface area contributed by atoms with Gasteiger partial charge in [-0.15, -0.1) is 0 Å². The molecule has 0 spiro atoms. The standard InChI is InChI=1S/C14H20N2O6S/c1-10(8-20-2)15-14(17)7-16(23(3,18)19)11-4-5-12-13(6-11)22-9-21-12/h4-6,10H,7-9H2,1-3H3,(H,15,17)/t10-/m0/s1. The summed E-state index contributed by atoms with van der Waals surface area (Å²) in [5.41, 5.74) is 0.339. The summed E-state index contributed by atoms with van der Waals surface area (Å²) in [4.78, 5) is 12.1. The highest BCUT2D eigenvalue weighted by atomic mass is 32.2. The highest BCUT2D eigenvalue weighted by Crippen LogP contribution is 2.35. The third kappa shape index (κ3) is 4.49. The number of methoxy groups -OCH3 is 1. The molecule has 9 heteroatoms. The maximum atomic E-state index is 12.1. The molecular formula is C14H20N2O6S. The van der Waals surface area contributed by atoms with Gasteiger partial charge in [-0.25, -0.2) is 8.42 Å². The van der Waals surface area contributed by atoms with E-state index in [1.807, 2.05) is 0 Å². The summed E-state index contributed by atoms with van der Waals surface area (Å²) >= 11 is 0. The molecule has 0 unspecified atom stereocenters. The van der Waals surface area contributed by atoms with Gasteiger partial charge in [0.2, 0.25) is 22.7 Å². The quantitative estimate of drug-likeness (QED) is 0.766. The van der Waals surface area contributed by atoms with Crippen molar-refractivity contribution in [2.75, 3.05) is 37.6 Å². The minimum atomic E-state index is -3.63. The molecular weight excluding hydrogens is 324 g/mol. The minimum Gasteiger partial charge on any atom is -0.454 e. The van der Waals surface area contributed by atoms with E-state index in [1.165, 1.54) is 13.2 Å². The van der Waals surface area contributed by atoms with Gasteiger partial charge in [-0.2, -0.15) is 0 Å². The average Bonchev–Trinajstić information content (AvgIpc) is 2.91. The van der Waals surface area contributed by atoms with Gasteiger partial charge in [0.15, 0.2) is 11.5 Å². The number of sulfonamides is 1. The van der Waals surface area contributed by atoms with Crippen molar-refractivity contribution in [3.05, 3.63) is 18.2 Å². The average molecular weight is 344 g/mol. The summed E-state index contributed by atoms with van der Waals surface area (Å²) in [7, 11) is -2.11. The summed E-state index contributed by atoms with van der Waals surface area (Å²) in [6.45, 7) is 1.88. The first-order valence-corrected chi connectivity index (χ1v) is 8.81. The van der Waals surface area contributed by atoms with Crippen molar-refractivity contribution in [1.82, 2.24) is 5.32 Å². The van der Waals surface area contributed by atoms with Crippen LogP contribution in [0.3, 0.4) is 0 Å². The monoisotopic (exact) mass is 344 g/mol. The van der Waals surface area contributed by atoms with Crippen molar-refractivity contribution in [1.29, 1.82) is 0 Å². The smallest absolute Gasteiger partial charge is 0.241 e. The molecule has 1 atom stereocenters. The summed E-state index contributed by atoms with van der Waals surface area (Å²) in [6, 6.07) is 4.50. The first-order valence-electron chi connectivity index (χ1n) is 6.97. The van der Waals surface area contributed by atoms with Crippen molar-refractivity contribution in [2.45, 2.75) is 13.0 Å². The fourth-order valence-electron chi connectivity index (χ4n) is 2.18. The number of hydrogen-bond donors (Lipinski definition) is 1. The molecule has 0 radical (unpaired) electrons. The van der Waals surface area contributed by atoms with Crippen LogP contribution in [0.15, 0.2) is 18.2 Å². The Balaban J connectivity index is 2.17. The molecule has 1 heterocycles. The summed E-state index contributed by atoms with van der Waals surface area (Å²) < 4.78 is 40.4. The summed E-state index contributed by atoms with van der Waals surface area (Å²) in [6.07, 6.45) is 1.05. The lowest BCUT2D eigenvalue weighted by molar-refractivity contribution is -0.120. The van der Waals surface area contributed by atoms with E-state index in [9.17, 15) is 13.2 Å². The van der Waals surface area contributed by atoms with Gasteiger partial charge in [0.05, 0.1) is 18.6 Å². The first-order chi connectivity index (χ1) is 10.8. The molecule has 0 saturated heterocycles. The fraction of sp³-hybridized carbons (Fsp3) is 0.500. The molecule has 1 aromatic rings. The van der Waals surface area contributed by atoms with E-state index < -0.39 is 15.9 Å². The highest BCUT2D eigenvalue weighted by Gasteiger charge is 2.24. The number of carbonyl (C=O) groups excluding carboxylic acids is 1. The number of benzene rings is 1. The number of carbonyl (C=O) groups is 1. The summed E-state index contributed by atoms with van der Waals surface area (Å²) in [5.74, 6) is 0.572. The normalized spacial score (nSPS) is 14.4. The number of ether oxygens (including phenoxy) is 3. The second kappa shape index (κ2) is 7.05. The molecule has 1 amide bonds. The Kier molecular flexibility index (Phi) is 5.32. The zero-order valence-electron chi connectivity index (χ0n) is 13.2. The van der Waals surface area contributed by atoms with E-state index in [4.69, 9.17) is 14.2 Å². The Hall–Kier alpha value is -2.00. The number of anilines is 1. The van der Waals surface area contributed by atoms with E-state index in [2.05, 4.69) is 5.32 Å². The number of hydrogen-bond acceptors (Lipinski definition) is 6. The maximum absolute atomic E-state index is 12.1. The van der Waals surface area contributed by atoms with Crippen LogP contribution in [0.4, 0.5) is 5.69 Å². The van der Waals surface area contributed by atoms with Crippen LogP contribution in [-0.4, -0.2) is 53.7 Å². The van der Waals surface area contributed by atoms with Crippen molar-refractivity contribution in [2.24, 2.45) is 0 Å². The lowest BCUT2D eigenvalue weighted by Gasteiger charge is -2.23. The van der Waals surface area contributed by atoms with Crippen LogP contribution in [-0.2, 0) is 19.6 Å². The van der Waals surface area contributed by atoms with Crippen LogP contribution in [0.25, 0.3) is 0 Å². The minimum absolute atomic E-state index is 0.0900. The van der Waals surface area contributed by atoms with Crippen LogP contribution in [0.2, 0.25) is 0 Å². The molecule has 0 saturated carbocycles. The first kappa shape index (κ1) is 17.4. The Bertz CT molecular complexity index is 676. The third-order valence-electron chi connectivity index (χ3n) is 3.16. The molecule has 2 rings (SSSR count). The zero-order chi connectivity index (χ0) is 17.0. The lowest BCUT2D eigenvalue weighted by atomic mass is 10.2. The van der Waals surface area contributed by atoms with E-state index in [1.54, 1.807) is 19.1 Å². The predicted molar refractivity (Wildman–Crippen MR) is 84.2 cm³/mol. The third-order valence-corrected chi connectivity index (χ3v) is 4.30. The van der Waals surface area contributed by atoms with Crippen molar-refractivity contribution < 1.29 is 27.4 Å². The van der Waals surface area contributed by atoms with Gasteiger partial charge in [-0.05, 0) is 19.1 Å². The fourth-order valence-corrected chi connectivity index (χ4v) is 3.03. The number of nitrogens with one attached hydrogen (secondary N) is 1. The number of rotatable bonds is 7. The van der Waals surface area contributed by atoms with Crippen molar-refractivity contribution in [3.63, 3.8) is 0 Å². The SMILES string of the molecule is COC[C@H](C)NC(=O)CN(c1ccc2c(c1)OCO2)S(C)(=O)=O. The van der Waals surface area contributed by atoms with Crippen molar-refractivity contribution in [3.8, 4) is 11.5 Å². The molecule has 0 aliphatic carbocycles. The van der Waals surface area contributed by atoms with Gasteiger partial charge < -0.3 is 19.5 Å². The molecule has 128 valence electrons. The zero-order valence-corrected chi connectivity index (χ0v) is 14.1. The topological polar surface area (TPSA) is 94.2 Å². The maximum Gasteiger partial charge on any atom is 0.241 e. The highest BCUT2D eigenvalue weighted by molar-refractivity contribution is 7.92. The molecule has 0 aromatic heterocycles. The second-order valence-electron chi connectivity index (χ2n) is 5.23. The van der Waals surface area contributed by atoms with E-state index in [-0.39, 0.29) is 19.4 Å². The van der Waals surface area contributed by atoms with Crippen LogP contribution in [0.5, 0.6) is 11.5 Å². The molecule has 1 aromatic carbocycles. The van der Waals surface area contributed by atoms with Crippen molar-refractivity contribution >= 4 is 21.6 Å². The van der Waals surface area contributed by atoms with E-state index in [0.717, 1.165) is 10.6 Å². The van der Waals surface area contributed by atoms with Crippen LogP contribution in [0, 0.1) is 0 Å². The largest absolute Gasteiger partial charge is 0.454 e. The van der Waals surface area contributed by atoms with Gasteiger partial charge in [-0.1, -0.05) is 0 Å². The van der Waals surface area contributed by atoms with Gasteiger partial charge in [0, 0.05) is 19.2 Å². The molecule has 8 nitrogen and oxygen atoms in total. The lowest BCUT2D eigenvalue weighted by Crippen LogP contribution is -2.44. The Labute approximate surface area is 135 Å². The Morgan fingerprint density at radius 1 is 1.39 bits per heavy atom. The number of amides is 1. The number of nitrogens with zero attached hydrogens (tertiary/aromatic N) is 1. The Morgan fingerprint density at radius 2 is 2.09 bits per heavy atom. The summed E-state index contributed by atoms with van der Waals surface area (Å²) in [5, 5.41) is 2.68. The van der Waals surface area contributed by atoms with E-state index >= 15 is 0 Å². The van der Waals surface area contributed by atoms with Gasteiger partial charge in [0.1, 0.15) is 6.54 Å². The van der Waals surface area contributed by atoms with Crippen LogP contribution >= 0.6 is 0 Å². The second-order valence-corrected chi connectivity index (χ2v) is 7.14. The van der Waals surface area contributed by atoms with Crippen LogP contribution in [0.1, 0.15) is 6.92 Å². The molecule has 0 fully saturated rings. The Morgan fingerprint density at radius 3 is 2.74 bits per heavy atom. The predicted octanol–water partition coefficient (Wildman–Crippen LogP) is 0.332. The van der Waals surface area contributed by atoms with Gasteiger partial charge >= 0.3 is 0 Å². The molecule has 1 N–H and O–H groups in total. The van der Waals surface area contributed by atoms with Gasteiger partial charge in [-0.3, -0.25) is 9.10 Å². The molecule has 23 heavy (non-hydrogen) atoms. The molecule has 0 bridgehead atoms. The molecule has 1 aliphatic rings. The van der Waals surface area contributed by atoms with Gasteiger partial charge in [0.25, 0.3) is 0 Å².